The van der Waals surface area contributed by atoms with Crippen molar-refractivity contribution in [1.29, 1.82) is 0 Å². The van der Waals surface area contributed by atoms with E-state index in [9.17, 15) is 4.79 Å². The van der Waals surface area contributed by atoms with Gasteiger partial charge >= 0.3 is 6.09 Å². The number of guanidine groups is 1. The Kier molecular flexibility index (Phi) is 5.08. The molecule has 0 saturated heterocycles. The summed E-state index contributed by atoms with van der Waals surface area (Å²) in [5.41, 5.74) is 0.982. The smallest absolute Gasteiger partial charge is 0.413 e. The molecule has 0 aliphatic carbocycles. The van der Waals surface area contributed by atoms with Crippen molar-refractivity contribution in [2.45, 2.75) is 13.0 Å². The van der Waals surface area contributed by atoms with Gasteiger partial charge < -0.3 is 19.1 Å². The van der Waals surface area contributed by atoms with Crippen LogP contribution in [0.1, 0.15) is 18.5 Å². The molecule has 1 aromatic rings. The highest BCUT2D eigenvalue weighted by atomic mass is 16.5. The zero-order chi connectivity index (χ0) is 16.1. The summed E-state index contributed by atoms with van der Waals surface area (Å²) in [6.07, 6.45) is -0.504. The Labute approximate surface area is 129 Å². The van der Waals surface area contributed by atoms with Crippen LogP contribution in [0.5, 0.6) is 11.5 Å². The molecular weight excluding hydrogens is 286 g/mol. The van der Waals surface area contributed by atoms with Crippen molar-refractivity contribution in [2.75, 3.05) is 34.4 Å². The van der Waals surface area contributed by atoms with E-state index in [0.29, 0.717) is 19.1 Å². The van der Waals surface area contributed by atoms with E-state index in [0.717, 1.165) is 17.1 Å². The number of carbonyl (C=O) groups is 1. The first-order valence-corrected chi connectivity index (χ1v) is 7.03. The molecule has 0 radical (unpaired) electrons. The molecular formula is C15H21N3O4. The molecule has 0 saturated carbocycles. The number of nitrogens with zero attached hydrogens (tertiary/aromatic N) is 2. The van der Waals surface area contributed by atoms with Gasteiger partial charge in [-0.2, -0.15) is 0 Å². The monoisotopic (exact) mass is 307 g/mol. The lowest BCUT2D eigenvalue weighted by Gasteiger charge is -2.25. The largest absolute Gasteiger partial charge is 0.497 e. The number of alkyl carbamates (subject to hydrolysis) is 1. The Morgan fingerprint density at radius 1 is 1.41 bits per heavy atom. The zero-order valence-corrected chi connectivity index (χ0v) is 13.3. The van der Waals surface area contributed by atoms with E-state index in [-0.39, 0.29) is 6.04 Å². The molecule has 0 aromatic heterocycles. The summed E-state index contributed by atoms with van der Waals surface area (Å²) in [4.78, 5) is 17.8. The molecule has 0 bridgehead atoms. The van der Waals surface area contributed by atoms with Gasteiger partial charge in [0.1, 0.15) is 11.5 Å². The number of nitrogens with one attached hydrogen (secondary N) is 1. The quantitative estimate of drug-likeness (QED) is 0.918. The topological polar surface area (TPSA) is 72.4 Å². The molecule has 2 rings (SSSR count). The van der Waals surface area contributed by atoms with Crippen LogP contribution in [0.15, 0.2) is 23.2 Å². The number of hydrogen-bond acceptors (Lipinski definition) is 6. The van der Waals surface area contributed by atoms with Gasteiger partial charge in [0.05, 0.1) is 33.4 Å². The van der Waals surface area contributed by atoms with Crippen LogP contribution in [-0.4, -0.2) is 51.4 Å². The molecule has 0 spiro atoms. The fourth-order valence-electron chi connectivity index (χ4n) is 2.34. The molecule has 1 N–H and O–H groups in total. The minimum Gasteiger partial charge on any atom is -0.497 e. The van der Waals surface area contributed by atoms with Crippen molar-refractivity contribution in [3.05, 3.63) is 23.8 Å². The SMILES string of the molecule is CCOC(=O)NC1=NCC(c2ccc(OC)cc2OC)N1C. The van der Waals surface area contributed by atoms with Gasteiger partial charge in [0.2, 0.25) is 5.96 Å². The van der Waals surface area contributed by atoms with Crippen molar-refractivity contribution in [2.24, 2.45) is 4.99 Å². The predicted octanol–water partition coefficient (Wildman–Crippen LogP) is 1.79. The van der Waals surface area contributed by atoms with E-state index in [1.807, 2.05) is 30.1 Å². The molecule has 1 heterocycles. The maximum Gasteiger partial charge on any atom is 0.413 e. The van der Waals surface area contributed by atoms with Crippen LogP contribution in [0.4, 0.5) is 4.79 Å². The van der Waals surface area contributed by atoms with Crippen LogP contribution in [0.2, 0.25) is 0 Å². The highest BCUT2D eigenvalue weighted by Crippen LogP contribution is 2.34. The third-order valence-corrected chi connectivity index (χ3v) is 3.50. The average Bonchev–Trinajstić information content (AvgIpc) is 2.87. The summed E-state index contributed by atoms with van der Waals surface area (Å²) >= 11 is 0. The Hall–Kier alpha value is -2.44. The minimum absolute atomic E-state index is 0.0159. The first-order chi connectivity index (χ1) is 10.6. The number of methoxy groups -OCH3 is 2. The van der Waals surface area contributed by atoms with Gasteiger partial charge in [-0.1, -0.05) is 0 Å². The molecule has 1 amide bonds. The molecule has 22 heavy (non-hydrogen) atoms. The van der Waals surface area contributed by atoms with Crippen LogP contribution in [0, 0.1) is 0 Å². The predicted molar refractivity (Wildman–Crippen MR) is 82.5 cm³/mol. The fourth-order valence-corrected chi connectivity index (χ4v) is 2.34. The molecule has 7 heteroatoms. The van der Waals surface area contributed by atoms with Crippen molar-refractivity contribution < 1.29 is 19.0 Å². The number of hydrogen-bond donors (Lipinski definition) is 1. The van der Waals surface area contributed by atoms with Gasteiger partial charge in [-0.15, -0.1) is 0 Å². The minimum atomic E-state index is -0.504. The second-order valence-corrected chi connectivity index (χ2v) is 4.74. The van der Waals surface area contributed by atoms with Crippen LogP contribution < -0.4 is 14.8 Å². The first-order valence-electron chi connectivity index (χ1n) is 7.03. The molecule has 120 valence electrons. The lowest BCUT2D eigenvalue weighted by atomic mass is 10.1. The summed E-state index contributed by atoms with van der Waals surface area (Å²) in [6, 6.07) is 5.64. The van der Waals surface area contributed by atoms with E-state index in [4.69, 9.17) is 14.2 Å². The third-order valence-electron chi connectivity index (χ3n) is 3.50. The van der Waals surface area contributed by atoms with Gasteiger partial charge in [0.25, 0.3) is 0 Å². The molecule has 1 atom stereocenters. The summed E-state index contributed by atoms with van der Waals surface area (Å²) in [5, 5.41) is 2.64. The van der Waals surface area contributed by atoms with Crippen molar-refractivity contribution >= 4 is 12.1 Å². The van der Waals surface area contributed by atoms with Crippen LogP contribution in [0.3, 0.4) is 0 Å². The van der Waals surface area contributed by atoms with E-state index in [2.05, 4.69) is 10.3 Å². The highest BCUT2D eigenvalue weighted by molar-refractivity contribution is 5.95. The zero-order valence-electron chi connectivity index (χ0n) is 13.3. The second-order valence-electron chi connectivity index (χ2n) is 4.74. The van der Waals surface area contributed by atoms with Crippen molar-refractivity contribution in [1.82, 2.24) is 10.2 Å². The number of rotatable bonds is 4. The average molecular weight is 307 g/mol. The molecule has 1 aliphatic rings. The summed E-state index contributed by atoms with van der Waals surface area (Å²) < 4.78 is 15.5. The number of amides is 1. The molecule has 0 fully saturated rings. The standard InChI is InChI=1S/C15H21N3O4/c1-5-22-15(19)17-14-16-9-12(18(14)2)11-7-6-10(20-3)8-13(11)21-4/h6-8,12H,5,9H2,1-4H3,(H,16,17,19). The number of aliphatic imine (C=N–C) groups is 1. The second kappa shape index (κ2) is 7.02. The van der Waals surface area contributed by atoms with Gasteiger partial charge in [-0.05, 0) is 19.1 Å². The number of benzene rings is 1. The summed E-state index contributed by atoms with van der Waals surface area (Å²) in [7, 11) is 5.10. The lowest BCUT2D eigenvalue weighted by Crippen LogP contribution is -2.40. The van der Waals surface area contributed by atoms with Crippen molar-refractivity contribution in [3.8, 4) is 11.5 Å². The molecule has 1 aromatic carbocycles. The van der Waals surface area contributed by atoms with Gasteiger partial charge in [-0.25, -0.2) is 4.79 Å². The van der Waals surface area contributed by atoms with Gasteiger partial charge in [0.15, 0.2) is 0 Å². The number of likely N-dealkylation sites (N-methyl/N-ethyl adjacent to an activating group) is 1. The Morgan fingerprint density at radius 2 is 2.18 bits per heavy atom. The summed E-state index contributed by atoms with van der Waals surface area (Å²) in [6.45, 7) is 2.60. The molecule has 7 nitrogen and oxygen atoms in total. The van der Waals surface area contributed by atoms with E-state index < -0.39 is 6.09 Å². The molecule has 1 unspecified atom stereocenters. The van der Waals surface area contributed by atoms with E-state index in [1.54, 1.807) is 21.1 Å². The number of ether oxygens (including phenoxy) is 3. The van der Waals surface area contributed by atoms with Gasteiger partial charge in [0, 0.05) is 18.7 Å². The van der Waals surface area contributed by atoms with Crippen molar-refractivity contribution in [3.63, 3.8) is 0 Å². The maximum atomic E-state index is 11.5. The molecule has 1 aliphatic heterocycles. The number of carbonyl (C=O) groups excluding carboxylic acids is 1. The fraction of sp³-hybridized carbons (Fsp3) is 0.467. The van der Waals surface area contributed by atoms with Crippen LogP contribution in [0.25, 0.3) is 0 Å². The summed E-state index contributed by atoms with van der Waals surface area (Å²) in [5.74, 6) is 1.94. The highest BCUT2D eigenvalue weighted by Gasteiger charge is 2.29. The normalized spacial score (nSPS) is 17.0. The third kappa shape index (κ3) is 3.24. The van der Waals surface area contributed by atoms with E-state index >= 15 is 0 Å². The first kappa shape index (κ1) is 15.9. The maximum absolute atomic E-state index is 11.5. The Balaban J connectivity index is 2.14. The van der Waals surface area contributed by atoms with Crippen LogP contribution in [-0.2, 0) is 4.74 Å². The van der Waals surface area contributed by atoms with Gasteiger partial charge in [-0.3, -0.25) is 10.3 Å². The Morgan fingerprint density at radius 3 is 2.82 bits per heavy atom. The Bertz CT molecular complexity index is 574. The van der Waals surface area contributed by atoms with Crippen LogP contribution >= 0.6 is 0 Å². The lowest BCUT2D eigenvalue weighted by molar-refractivity contribution is 0.156. The van der Waals surface area contributed by atoms with E-state index in [1.165, 1.54) is 0 Å².